The van der Waals surface area contributed by atoms with Crippen LogP contribution < -0.4 is 4.72 Å². The number of nitrogens with one attached hydrogen (secondary N) is 2. The molecule has 2 heterocycles. The number of nitrogens with zero attached hydrogens (tertiary/aromatic N) is 2. The lowest BCUT2D eigenvalue weighted by Gasteiger charge is -2.08. The van der Waals surface area contributed by atoms with Crippen LogP contribution in [0.1, 0.15) is 10.5 Å². The molecule has 0 saturated heterocycles. The first-order valence-corrected chi connectivity index (χ1v) is 9.40. The van der Waals surface area contributed by atoms with Gasteiger partial charge in [0.1, 0.15) is 10.6 Å². The molecule has 4 aromatic rings. The minimum atomic E-state index is -3.89. The van der Waals surface area contributed by atoms with Gasteiger partial charge in [0.15, 0.2) is 0 Å². The van der Waals surface area contributed by atoms with Crippen molar-refractivity contribution in [2.45, 2.75) is 4.90 Å². The fraction of sp³-hybridized carbons (Fsp3) is 0. The highest BCUT2D eigenvalue weighted by atomic mass is 32.2. The van der Waals surface area contributed by atoms with E-state index in [0.29, 0.717) is 5.69 Å². The largest absolute Gasteiger partial charge is 0.477 e. The highest BCUT2D eigenvalue weighted by Gasteiger charge is 2.18. The maximum atomic E-state index is 12.4. The summed E-state index contributed by atoms with van der Waals surface area (Å²) in [6, 6.07) is 15.6. The van der Waals surface area contributed by atoms with Crippen molar-refractivity contribution in [3.05, 3.63) is 72.7 Å². The Hall–Kier alpha value is -3.59. The van der Waals surface area contributed by atoms with Crippen LogP contribution in [0.25, 0.3) is 16.6 Å². The molecule has 8 nitrogen and oxygen atoms in total. The monoisotopic (exact) mass is 382 g/mol. The number of para-hydroxylation sites is 1. The molecular formula is C18H14N4O4S. The van der Waals surface area contributed by atoms with Gasteiger partial charge in [-0.3, -0.25) is 4.72 Å². The zero-order valence-electron chi connectivity index (χ0n) is 13.8. The molecule has 0 unspecified atom stereocenters. The summed E-state index contributed by atoms with van der Waals surface area (Å²) in [5.41, 5.74) is 1.89. The number of hydrogen-bond donors (Lipinski definition) is 3. The lowest BCUT2D eigenvalue weighted by atomic mass is 10.2. The van der Waals surface area contributed by atoms with Gasteiger partial charge in [0.2, 0.25) is 0 Å². The van der Waals surface area contributed by atoms with Gasteiger partial charge in [-0.15, -0.1) is 0 Å². The maximum absolute atomic E-state index is 12.4. The summed E-state index contributed by atoms with van der Waals surface area (Å²) >= 11 is 0. The third-order valence-corrected chi connectivity index (χ3v) is 5.40. The third-order valence-electron chi connectivity index (χ3n) is 4.04. The molecule has 0 aliphatic carbocycles. The number of aromatic amines is 1. The fourth-order valence-corrected chi connectivity index (χ4v) is 3.77. The van der Waals surface area contributed by atoms with E-state index in [1.807, 2.05) is 24.3 Å². The second-order valence-corrected chi connectivity index (χ2v) is 7.50. The minimum absolute atomic E-state index is 0.151. The molecule has 0 aliphatic heterocycles. The standard InChI is InChI=1S/C18H14N4O4S/c23-18(24)16-9-15(11-19-16)27(25,26)21-13-5-7-14(8-6-13)22-17-4-2-1-3-12(17)10-20-22/h1-11,19,21H,(H,23,24). The smallest absolute Gasteiger partial charge is 0.352 e. The van der Waals surface area contributed by atoms with E-state index >= 15 is 0 Å². The molecule has 2 aromatic heterocycles. The van der Waals surface area contributed by atoms with E-state index in [-0.39, 0.29) is 10.6 Å². The van der Waals surface area contributed by atoms with Crippen molar-refractivity contribution in [3.8, 4) is 5.69 Å². The molecule has 0 saturated carbocycles. The first-order chi connectivity index (χ1) is 12.9. The average molecular weight is 382 g/mol. The Morgan fingerprint density at radius 2 is 1.85 bits per heavy atom. The number of aromatic nitrogens is 3. The molecule has 9 heteroatoms. The van der Waals surface area contributed by atoms with E-state index in [4.69, 9.17) is 5.11 Å². The van der Waals surface area contributed by atoms with E-state index in [1.54, 1.807) is 35.1 Å². The van der Waals surface area contributed by atoms with Crippen molar-refractivity contribution in [3.63, 3.8) is 0 Å². The number of fused-ring (bicyclic) bond motifs is 1. The number of sulfonamides is 1. The molecular weight excluding hydrogens is 368 g/mol. The van der Waals surface area contributed by atoms with E-state index in [1.165, 1.54) is 0 Å². The van der Waals surface area contributed by atoms with Crippen molar-refractivity contribution >= 4 is 32.6 Å². The highest BCUT2D eigenvalue weighted by molar-refractivity contribution is 7.92. The van der Waals surface area contributed by atoms with Gasteiger partial charge < -0.3 is 10.1 Å². The van der Waals surface area contributed by atoms with E-state index in [9.17, 15) is 13.2 Å². The average Bonchev–Trinajstić information content (AvgIpc) is 3.30. The summed E-state index contributed by atoms with van der Waals surface area (Å²) in [6.07, 6.45) is 2.90. The Morgan fingerprint density at radius 3 is 2.56 bits per heavy atom. The number of rotatable bonds is 5. The SMILES string of the molecule is O=C(O)c1cc(S(=O)(=O)Nc2ccc(-n3ncc4ccccc43)cc2)c[nH]1. The van der Waals surface area contributed by atoms with E-state index in [2.05, 4.69) is 14.8 Å². The van der Waals surface area contributed by atoms with Crippen molar-refractivity contribution in [1.82, 2.24) is 14.8 Å². The third kappa shape index (κ3) is 3.15. The van der Waals surface area contributed by atoms with Gasteiger partial charge >= 0.3 is 5.97 Å². The molecule has 0 radical (unpaired) electrons. The Morgan fingerprint density at radius 1 is 1.11 bits per heavy atom. The maximum Gasteiger partial charge on any atom is 0.352 e. The number of anilines is 1. The number of aromatic carboxylic acids is 1. The van der Waals surface area contributed by atoms with Gasteiger partial charge in [-0.25, -0.2) is 17.9 Å². The molecule has 0 bridgehead atoms. The molecule has 3 N–H and O–H groups in total. The van der Waals surface area contributed by atoms with Crippen LogP contribution in [0.15, 0.2) is 71.9 Å². The molecule has 0 atom stereocenters. The van der Waals surface area contributed by atoms with Crippen molar-refractivity contribution in [2.75, 3.05) is 4.72 Å². The second kappa shape index (κ2) is 6.29. The summed E-state index contributed by atoms with van der Waals surface area (Å²) in [6.45, 7) is 0. The van der Waals surface area contributed by atoms with Crippen LogP contribution in [0.4, 0.5) is 5.69 Å². The zero-order chi connectivity index (χ0) is 19.0. The van der Waals surface area contributed by atoms with Gasteiger partial charge in [-0.2, -0.15) is 5.10 Å². The molecule has 27 heavy (non-hydrogen) atoms. The Balaban J connectivity index is 1.59. The van der Waals surface area contributed by atoms with Gasteiger partial charge in [0.25, 0.3) is 10.0 Å². The number of H-pyrrole nitrogens is 1. The van der Waals surface area contributed by atoms with Crippen LogP contribution in [-0.4, -0.2) is 34.3 Å². The summed E-state index contributed by atoms with van der Waals surface area (Å²) in [5, 5.41) is 14.3. The quantitative estimate of drug-likeness (QED) is 0.491. The first kappa shape index (κ1) is 16.9. The Labute approximate surface area is 154 Å². The highest BCUT2D eigenvalue weighted by Crippen LogP contribution is 2.21. The fourth-order valence-electron chi connectivity index (χ4n) is 2.72. The van der Waals surface area contributed by atoms with Crippen LogP contribution >= 0.6 is 0 Å². The summed E-state index contributed by atoms with van der Waals surface area (Å²) in [4.78, 5) is 13.1. The lowest BCUT2D eigenvalue weighted by Crippen LogP contribution is -2.12. The number of carboxylic acids is 1. The molecule has 136 valence electrons. The van der Waals surface area contributed by atoms with E-state index < -0.39 is 16.0 Å². The van der Waals surface area contributed by atoms with Crippen LogP contribution in [0.2, 0.25) is 0 Å². The predicted octanol–water partition coefficient (Wildman–Crippen LogP) is 2.85. The molecule has 0 amide bonds. The summed E-state index contributed by atoms with van der Waals surface area (Å²) < 4.78 is 29.0. The van der Waals surface area contributed by atoms with Gasteiger partial charge in [-0.05, 0) is 36.4 Å². The Bertz CT molecular complexity index is 1240. The lowest BCUT2D eigenvalue weighted by molar-refractivity contribution is 0.0691. The van der Waals surface area contributed by atoms with Crippen LogP contribution in [-0.2, 0) is 10.0 Å². The van der Waals surface area contributed by atoms with Gasteiger partial charge in [0, 0.05) is 17.3 Å². The van der Waals surface area contributed by atoms with Crippen molar-refractivity contribution < 1.29 is 18.3 Å². The number of benzene rings is 2. The molecule has 0 fully saturated rings. The molecule has 0 spiro atoms. The molecule has 4 rings (SSSR count). The molecule has 2 aromatic carbocycles. The van der Waals surface area contributed by atoms with Gasteiger partial charge in [0.05, 0.1) is 17.4 Å². The number of carbonyl (C=O) groups is 1. The first-order valence-electron chi connectivity index (χ1n) is 7.92. The normalized spacial score (nSPS) is 11.6. The van der Waals surface area contributed by atoms with Crippen LogP contribution in [0.5, 0.6) is 0 Å². The van der Waals surface area contributed by atoms with Gasteiger partial charge in [-0.1, -0.05) is 18.2 Å². The Kier molecular flexibility index (Phi) is 3.93. The zero-order valence-corrected chi connectivity index (χ0v) is 14.6. The van der Waals surface area contributed by atoms with Crippen LogP contribution in [0, 0.1) is 0 Å². The van der Waals surface area contributed by atoms with E-state index in [0.717, 1.165) is 28.9 Å². The summed E-state index contributed by atoms with van der Waals surface area (Å²) in [5.74, 6) is -1.23. The second-order valence-electron chi connectivity index (χ2n) is 5.82. The van der Waals surface area contributed by atoms with Crippen LogP contribution in [0.3, 0.4) is 0 Å². The molecule has 0 aliphatic rings. The number of hydrogen-bond acceptors (Lipinski definition) is 4. The topological polar surface area (TPSA) is 117 Å². The van der Waals surface area contributed by atoms with Crippen molar-refractivity contribution in [2.24, 2.45) is 0 Å². The number of carboxylic acid groups (broad SMARTS) is 1. The minimum Gasteiger partial charge on any atom is -0.477 e. The predicted molar refractivity (Wildman–Crippen MR) is 99.6 cm³/mol. The van der Waals surface area contributed by atoms with Crippen molar-refractivity contribution in [1.29, 1.82) is 0 Å². The summed E-state index contributed by atoms with van der Waals surface area (Å²) in [7, 11) is -3.89.